The largest absolute Gasteiger partial charge is 0.481 e. The lowest BCUT2D eigenvalue weighted by atomic mass is 10.2. The molecule has 6 heteroatoms. The molecule has 0 fully saturated rings. The van der Waals surface area contributed by atoms with Gasteiger partial charge in [-0.15, -0.1) is 0 Å². The lowest BCUT2D eigenvalue weighted by molar-refractivity contribution is -0.139. The fourth-order valence-electron chi connectivity index (χ4n) is 1.19. The van der Waals surface area contributed by atoms with E-state index >= 15 is 0 Å². The Kier molecular flexibility index (Phi) is 6.14. The number of nitrogens with zero attached hydrogens (tertiary/aromatic N) is 1. The van der Waals surface area contributed by atoms with E-state index in [0.717, 1.165) is 0 Å². The zero-order valence-electron chi connectivity index (χ0n) is 9.82. The third-order valence-corrected chi connectivity index (χ3v) is 2.00. The Morgan fingerprint density at radius 2 is 1.88 bits per heavy atom. The van der Waals surface area contributed by atoms with Crippen molar-refractivity contribution in [1.29, 1.82) is 0 Å². The highest BCUT2D eigenvalue weighted by atomic mass is 16.4. The van der Waals surface area contributed by atoms with Gasteiger partial charge in [0.1, 0.15) is 0 Å². The summed E-state index contributed by atoms with van der Waals surface area (Å²) in [6, 6.07) is -0.0828. The van der Waals surface area contributed by atoms with E-state index in [-0.39, 0.29) is 37.4 Å². The molecule has 2 amide bonds. The highest BCUT2D eigenvalue weighted by molar-refractivity contribution is 5.84. The van der Waals surface area contributed by atoms with Crippen molar-refractivity contribution in [3.63, 3.8) is 0 Å². The maximum absolute atomic E-state index is 11.6. The van der Waals surface area contributed by atoms with Crippen LogP contribution in [0.2, 0.25) is 0 Å². The Hall–Kier alpha value is -1.59. The van der Waals surface area contributed by atoms with E-state index in [1.165, 1.54) is 11.8 Å². The second-order valence-electron chi connectivity index (χ2n) is 3.73. The smallest absolute Gasteiger partial charge is 0.305 e. The number of carboxylic acids is 1. The van der Waals surface area contributed by atoms with Gasteiger partial charge in [-0.25, -0.2) is 0 Å². The number of hydrogen-bond acceptors (Lipinski definition) is 3. The van der Waals surface area contributed by atoms with Gasteiger partial charge in [0.05, 0.1) is 13.0 Å². The average Bonchev–Trinajstić information content (AvgIpc) is 2.13. The van der Waals surface area contributed by atoms with Gasteiger partial charge in [0.25, 0.3) is 0 Å². The normalized spacial score (nSPS) is 10.0. The molecule has 0 aliphatic rings. The minimum absolute atomic E-state index is 0.0828. The fourth-order valence-corrected chi connectivity index (χ4v) is 1.19. The van der Waals surface area contributed by atoms with Gasteiger partial charge in [-0.2, -0.15) is 0 Å². The van der Waals surface area contributed by atoms with Crippen molar-refractivity contribution in [3.8, 4) is 0 Å². The lowest BCUT2D eigenvalue weighted by Crippen LogP contribution is -2.44. The van der Waals surface area contributed by atoms with Gasteiger partial charge >= 0.3 is 5.97 Å². The molecular formula is C10H18N2O4. The van der Waals surface area contributed by atoms with Crippen molar-refractivity contribution >= 4 is 17.8 Å². The maximum Gasteiger partial charge on any atom is 0.305 e. The molecule has 0 aromatic carbocycles. The molecule has 0 aromatic rings. The number of hydrogen-bond donors (Lipinski definition) is 2. The summed E-state index contributed by atoms with van der Waals surface area (Å²) in [6.45, 7) is 4.99. The number of rotatable bonds is 6. The van der Waals surface area contributed by atoms with E-state index < -0.39 is 5.97 Å². The van der Waals surface area contributed by atoms with Crippen molar-refractivity contribution < 1.29 is 19.5 Å². The van der Waals surface area contributed by atoms with Crippen LogP contribution in [0.5, 0.6) is 0 Å². The van der Waals surface area contributed by atoms with Crippen LogP contribution in [0.4, 0.5) is 0 Å². The van der Waals surface area contributed by atoms with Crippen molar-refractivity contribution in [1.82, 2.24) is 10.2 Å². The van der Waals surface area contributed by atoms with Gasteiger partial charge in [-0.3, -0.25) is 14.4 Å². The van der Waals surface area contributed by atoms with Crippen molar-refractivity contribution in [3.05, 3.63) is 0 Å². The summed E-state index contributed by atoms with van der Waals surface area (Å²) in [5.74, 6) is -1.50. The van der Waals surface area contributed by atoms with Crippen LogP contribution in [-0.2, 0) is 14.4 Å². The van der Waals surface area contributed by atoms with Crippen LogP contribution in [0.1, 0.15) is 27.2 Å². The fraction of sp³-hybridized carbons (Fsp3) is 0.700. The van der Waals surface area contributed by atoms with Gasteiger partial charge in [0, 0.05) is 19.5 Å². The van der Waals surface area contributed by atoms with Gasteiger partial charge in [0.2, 0.25) is 11.8 Å². The molecule has 0 aliphatic carbocycles. The lowest BCUT2D eigenvalue weighted by Gasteiger charge is -2.26. The van der Waals surface area contributed by atoms with E-state index in [1.807, 2.05) is 0 Å². The summed E-state index contributed by atoms with van der Waals surface area (Å²) in [5, 5.41) is 10.9. The number of carbonyl (C=O) groups is 3. The van der Waals surface area contributed by atoms with Gasteiger partial charge in [0.15, 0.2) is 0 Å². The van der Waals surface area contributed by atoms with Crippen LogP contribution in [0.15, 0.2) is 0 Å². The Bertz CT molecular complexity index is 276. The second-order valence-corrected chi connectivity index (χ2v) is 3.73. The molecule has 92 valence electrons. The summed E-state index contributed by atoms with van der Waals surface area (Å²) in [5.41, 5.74) is 0. The maximum atomic E-state index is 11.6. The van der Waals surface area contributed by atoms with Gasteiger partial charge in [-0.1, -0.05) is 0 Å². The number of amides is 2. The summed E-state index contributed by atoms with van der Waals surface area (Å²) < 4.78 is 0. The summed E-state index contributed by atoms with van der Waals surface area (Å²) in [6.07, 6.45) is -0.0933. The third-order valence-electron chi connectivity index (χ3n) is 2.00. The molecular weight excluding hydrogens is 212 g/mol. The van der Waals surface area contributed by atoms with Crippen molar-refractivity contribution in [2.24, 2.45) is 0 Å². The van der Waals surface area contributed by atoms with Crippen LogP contribution >= 0.6 is 0 Å². The molecule has 0 atom stereocenters. The van der Waals surface area contributed by atoms with E-state index in [2.05, 4.69) is 5.32 Å². The zero-order valence-corrected chi connectivity index (χ0v) is 9.82. The summed E-state index contributed by atoms with van der Waals surface area (Å²) in [7, 11) is 0. The molecule has 0 saturated heterocycles. The highest BCUT2D eigenvalue weighted by Gasteiger charge is 2.17. The Labute approximate surface area is 94.6 Å². The molecule has 2 N–H and O–H groups in total. The molecule has 16 heavy (non-hydrogen) atoms. The first-order chi connectivity index (χ1) is 7.34. The van der Waals surface area contributed by atoms with E-state index in [0.29, 0.717) is 0 Å². The van der Waals surface area contributed by atoms with Crippen molar-refractivity contribution in [2.45, 2.75) is 33.2 Å². The first kappa shape index (κ1) is 14.4. The van der Waals surface area contributed by atoms with Crippen LogP contribution in [0.25, 0.3) is 0 Å². The molecule has 0 heterocycles. The Morgan fingerprint density at radius 3 is 2.25 bits per heavy atom. The topological polar surface area (TPSA) is 86.7 Å². The SMILES string of the molecule is CC(=O)NCC(=O)N(CCC(=O)O)C(C)C. The zero-order chi connectivity index (χ0) is 12.7. The van der Waals surface area contributed by atoms with Crippen molar-refractivity contribution in [2.75, 3.05) is 13.1 Å². The Morgan fingerprint density at radius 1 is 1.31 bits per heavy atom. The first-order valence-electron chi connectivity index (χ1n) is 5.10. The molecule has 0 radical (unpaired) electrons. The molecule has 0 spiro atoms. The van der Waals surface area contributed by atoms with Crippen LogP contribution < -0.4 is 5.32 Å². The van der Waals surface area contributed by atoms with Crippen LogP contribution in [0.3, 0.4) is 0 Å². The second kappa shape index (κ2) is 6.81. The van der Waals surface area contributed by atoms with Gasteiger partial charge < -0.3 is 15.3 Å². The molecule has 0 aromatic heterocycles. The van der Waals surface area contributed by atoms with E-state index in [1.54, 1.807) is 13.8 Å². The minimum atomic E-state index is -0.946. The number of aliphatic carboxylic acids is 1. The quantitative estimate of drug-likeness (QED) is 0.663. The molecule has 0 saturated carbocycles. The predicted molar refractivity (Wildman–Crippen MR) is 57.8 cm³/mol. The number of carboxylic acid groups (broad SMARTS) is 1. The van der Waals surface area contributed by atoms with Crippen LogP contribution in [-0.4, -0.2) is 46.9 Å². The molecule has 0 aliphatic heterocycles. The highest BCUT2D eigenvalue weighted by Crippen LogP contribution is 2.00. The number of nitrogens with one attached hydrogen (secondary N) is 1. The standard InChI is InChI=1S/C10H18N2O4/c1-7(2)12(5-4-10(15)16)9(14)6-11-8(3)13/h7H,4-6H2,1-3H3,(H,11,13)(H,15,16). The third kappa shape index (κ3) is 6.00. The summed E-state index contributed by atoms with van der Waals surface area (Å²) >= 11 is 0. The van der Waals surface area contributed by atoms with E-state index in [4.69, 9.17) is 5.11 Å². The van der Waals surface area contributed by atoms with E-state index in [9.17, 15) is 14.4 Å². The molecule has 0 rings (SSSR count). The minimum Gasteiger partial charge on any atom is -0.481 e. The molecule has 6 nitrogen and oxygen atoms in total. The number of carbonyl (C=O) groups excluding carboxylic acids is 2. The summed E-state index contributed by atoms with van der Waals surface area (Å²) in [4.78, 5) is 34.1. The average molecular weight is 230 g/mol. The van der Waals surface area contributed by atoms with Crippen LogP contribution in [0, 0.1) is 0 Å². The monoisotopic (exact) mass is 230 g/mol. The molecule has 0 bridgehead atoms. The van der Waals surface area contributed by atoms with Gasteiger partial charge in [-0.05, 0) is 13.8 Å². The molecule has 0 unspecified atom stereocenters. The first-order valence-corrected chi connectivity index (χ1v) is 5.10. The Balaban J connectivity index is 4.24. The predicted octanol–water partition coefficient (Wildman–Crippen LogP) is -0.166.